The summed E-state index contributed by atoms with van der Waals surface area (Å²) in [6.07, 6.45) is 7.57. The Bertz CT molecular complexity index is 2550. The molecule has 0 amide bonds. The van der Waals surface area contributed by atoms with Crippen molar-refractivity contribution in [3.63, 3.8) is 0 Å². The average molecular weight is 618 g/mol. The van der Waals surface area contributed by atoms with E-state index in [-0.39, 0.29) is 5.41 Å². The van der Waals surface area contributed by atoms with Crippen LogP contribution in [0.4, 0.5) is 0 Å². The van der Waals surface area contributed by atoms with Gasteiger partial charge in [-0.05, 0) is 46.0 Å². The summed E-state index contributed by atoms with van der Waals surface area (Å²) in [4.78, 5) is 15.3. The highest BCUT2D eigenvalue weighted by molar-refractivity contribution is 6.16. The van der Waals surface area contributed by atoms with Crippen LogP contribution in [0.25, 0.3) is 72.2 Å². The van der Waals surface area contributed by atoms with E-state index in [1.54, 1.807) is 0 Å². The minimum absolute atomic E-state index is 0.0852. The van der Waals surface area contributed by atoms with E-state index in [1.165, 1.54) is 5.56 Å². The highest BCUT2D eigenvalue weighted by Gasteiger charge is 2.26. The van der Waals surface area contributed by atoms with Crippen molar-refractivity contribution in [2.75, 3.05) is 0 Å². The zero-order valence-corrected chi connectivity index (χ0v) is 26.5. The Balaban J connectivity index is 1.20. The third-order valence-electron chi connectivity index (χ3n) is 9.59. The molecule has 6 aromatic carbocycles. The first kappa shape index (κ1) is 28.1. The first-order valence-corrected chi connectivity index (χ1v) is 16.3. The Labute approximate surface area is 278 Å². The van der Waals surface area contributed by atoms with Gasteiger partial charge in [0, 0.05) is 32.9 Å². The molecule has 9 rings (SSSR count). The van der Waals surface area contributed by atoms with Crippen molar-refractivity contribution in [2.45, 2.75) is 18.8 Å². The molecule has 0 saturated carbocycles. The first-order chi connectivity index (χ1) is 23.6. The van der Waals surface area contributed by atoms with E-state index in [0.29, 0.717) is 17.5 Å². The summed E-state index contributed by atoms with van der Waals surface area (Å²) < 4.78 is 6.25. The molecular weight excluding hydrogens is 587 g/mol. The highest BCUT2D eigenvalue weighted by Crippen LogP contribution is 2.41. The maximum atomic E-state index is 6.25. The third-order valence-corrected chi connectivity index (χ3v) is 9.59. The number of hydrogen-bond donors (Lipinski definition) is 0. The first-order valence-electron chi connectivity index (χ1n) is 16.3. The predicted molar refractivity (Wildman–Crippen MR) is 196 cm³/mol. The number of furan rings is 1. The molecule has 0 fully saturated rings. The molecule has 1 aliphatic rings. The van der Waals surface area contributed by atoms with Gasteiger partial charge in [0.25, 0.3) is 0 Å². The third kappa shape index (κ3) is 4.73. The van der Waals surface area contributed by atoms with Crippen molar-refractivity contribution >= 4 is 38.3 Å². The van der Waals surface area contributed by atoms with E-state index in [1.807, 2.05) is 36.4 Å². The Morgan fingerprint density at radius 1 is 0.521 bits per heavy atom. The van der Waals surface area contributed by atoms with Gasteiger partial charge in [0.1, 0.15) is 11.2 Å². The van der Waals surface area contributed by atoms with Gasteiger partial charge in [-0.2, -0.15) is 0 Å². The van der Waals surface area contributed by atoms with Crippen molar-refractivity contribution in [3.05, 3.63) is 169 Å². The largest absolute Gasteiger partial charge is 0.456 e. The standard InChI is InChI=1S/C44H31N3O/c1-44(31-15-6-3-7-16-31)27-25-30(26-28-44)42-45-41(29-13-4-2-5-14-29)46-43(47-42)36-22-11-18-32-33(19-10-20-34(32)36)35-21-12-24-39-40(35)37-17-8-9-23-38(37)48-39/h2-27H,28H2,1H3. The summed E-state index contributed by atoms with van der Waals surface area (Å²) in [6.45, 7) is 2.28. The monoisotopic (exact) mass is 617 g/mol. The smallest absolute Gasteiger partial charge is 0.164 e. The van der Waals surface area contributed by atoms with E-state index in [9.17, 15) is 0 Å². The van der Waals surface area contributed by atoms with Crippen molar-refractivity contribution < 1.29 is 4.42 Å². The average Bonchev–Trinajstić information content (AvgIpc) is 3.54. The van der Waals surface area contributed by atoms with Crippen LogP contribution >= 0.6 is 0 Å². The van der Waals surface area contributed by atoms with E-state index < -0.39 is 0 Å². The van der Waals surface area contributed by atoms with E-state index in [2.05, 4.69) is 128 Å². The number of aromatic nitrogens is 3. The van der Waals surface area contributed by atoms with Gasteiger partial charge >= 0.3 is 0 Å². The molecule has 0 aliphatic heterocycles. The van der Waals surface area contributed by atoms with Gasteiger partial charge in [0.2, 0.25) is 0 Å². The van der Waals surface area contributed by atoms with Gasteiger partial charge in [0.05, 0.1) is 0 Å². The zero-order valence-electron chi connectivity index (χ0n) is 26.5. The quantitative estimate of drug-likeness (QED) is 0.193. The molecule has 0 spiro atoms. The number of fused-ring (bicyclic) bond motifs is 4. The van der Waals surface area contributed by atoms with E-state index in [4.69, 9.17) is 19.4 Å². The van der Waals surface area contributed by atoms with Crippen LogP contribution in [0.2, 0.25) is 0 Å². The van der Waals surface area contributed by atoms with Crippen LogP contribution in [-0.4, -0.2) is 15.0 Å². The van der Waals surface area contributed by atoms with E-state index >= 15 is 0 Å². The Morgan fingerprint density at radius 2 is 1.12 bits per heavy atom. The zero-order chi connectivity index (χ0) is 32.1. The molecule has 48 heavy (non-hydrogen) atoms. The number of allylic oxidation sites excluding steroid dienone is 4. The fraction of sp³-hybridized carbons (Fsp3) is 0.0682. The van der Waals surface area contributed by atoms with Gasteiger partial charge in [-0.25, -0.2) is 15.0 Å². The Hall–Kier alpha value is -6.13. The molecule has 1 atom stereocenters. The number of hydrogen-bond acceptors (Lipinski definition) is 4. The number of para-hydroxylation sites is 1. The molecule has 0 bridgehead atoms. The molecule has 2 heterocycles. The summed E-state index contributed by atoms with van der Waals surface area (Å²) in [7, 11) is 0. The lowest BCUT2D eigenvalue weighted by atomic mass is 9.76. The number of nitrogens with zero attached hydrogens (tertiary/aromatic N) is 3. The molecule has 1 aliphatic carbocycles. The summed E-state index contributed by atoms with van der Waals surface area (Å²) >= 11 is 0. The van der Waals surface area contributed by atoms with Crippen LogP contribution in [-0.2, 0) is 5.41 Å². The van der Waals surface area contributed by atoms with Crippen LogP contribution in [0, 0.1) is 0 Å². The van der Waals surface area contributed by atoms with Crippen LogP contribution in [0.15, 0.2) is 162 Å². The lowest BCUT2D eigenvalue weighted by molar-refractivity contribution is 0.601. The maximum Gasteiger partial charge on any atom is 0.164 e. The Morgan fingerprint density at radius 3 is 1.92 bits per heavy atom. The second-order valence-electron chi connectivity index (χ2n) is 12.6. The molecule has 1 unspecified atom stereocenters. The fourth-order valence-corrected chi connectivity index (χ4v) is 7.01. The normalized spacial score (nSPS) is 16.1. The summed E-state index contributed by atoms with van der Waals surface area (Å²) in [5.74, 6) is 1.98. The van der Waals surface area contributed by atoms with Gasteiger partial charge in [0.15, 0.2) is 17.5 Å². The molecular formula is C44H31N3O. The predicted octanol–water partition coefficient (Wildman–Crippen LogP) is 11.2. The molecule has 228 valence electrons. The summed E-state index contributed by atoms with van der Waals surface area (Å²) in [5.41, 5.74) is 8.19. The van der Waals surface area contributed by atoms with Crippen molar-refractivity contribution in [1.82, 2.24) is 15.0 Å². The van der Waals surface area contributed by atoms with Gasteiger partial charge in [-0.3, -0.25) is 0 Å². The number of benzene rings is 6. The van der Waals surface area contributed by atoms with Crippen molar-refractivity contribution in [1.29, 1.82) is 0 Å². The summed E-state index contributed by atoms with van der Waals surface area (Å²) in [6, 6.07) is 48.3. The fourth-order valence-electron chi connectivity index (χ4n) is 7.01. The second-order valence-corrected chi connectivity index (χ2v) is 12.6. The highest BCUT2D eigenvalue weighted by atomic mass is 16.3. The molecule has 0 N–H and O–H groups in total. The topological polar surface area (TPSA) is 51.8 Å². The molecule has 4 heteroatoms. The second kappa shape index (κ2) is 11.3. The Kier molecular flexibility index (Phi) is 6.61. The van der Waals surface area contributed by atoms with Crippen molar-refractivity contribution in [3.8, 4) is 33.9 Å². The van der Waals surface area contributed by atoms with Crippen LogP contribution in [0.5, 0.6) is 0 Å². The minimum Gasteiger partial charge on any atom is -0.456 e. The van der Waals surface area contributed by atoms with Gasteiger partial charge in [-0.1, -0.05) is 153 Å². The van der Waals surface area contributed by atoms with Crippen LogP contribution < -0.4 is 0 Å². The van der Waals surface area contributed by atoms with E-state index in [0.717, 1.165) is 67.0 Å². The lowest BCUT2D eigenvalue weighted by Gasteiger charge is -2.28. The van der Waals surface area contributed by atoms with Gasteiger partial charge < -0.3 is 4.42 Å². The maximum absolute atomic E-state index is 6.25. The van der Waals surface area contributed by atoms with Crippen LogP contribution in [0.1, 0.15) is 24.7 Å². The lowest BCUT2D eigenvalue weighted by Crippen LogP contribution is -2.20. The SMILES string of the molecule is CC1(c2ccccc2)C=CC(c2nc(-c3ccccc3)nc(-c3cccc4c(-c5cccc6oc7ccccc7c56)cccc34)n2)=CC1. The summed E-state index contributed by atoms with van der Waals surface area (Å²) in [5, 5.41) is 4.45. The van der Waals surface area contributed by atoms with Crippen molar-refractivity contribution in [2.24, 2.45) is 0 Å². The molecule has 8 aromatic rings. The minimum atomic E-state index is -0.0852. The molecule has 4 nitrogen and oxygen atoms in total. The molecule has 0 radical (unpaired) electrons. The number of rotatable bonds is 5. The van der Waals surface area contributed by atoms with Gasteiger partial charge in [-0.15, -0.1) is 0 Å². The molecule has 0 saturated heterocycles. The molecule has 2 aromatic heterocycles. The van der Waals surface area contributed by atoms with Crippen LogP contribution in [0.3, 0.4) is 0 Å².